The molecule has 3 heteroatoms. The summed E-state index contributed by atoms with van der Waals surface area (Å²) < 4.78 is 1.92. The lowest BCUT2D eigenvalue weighted by Crippen LogP contribution is -2.19. The molecule has 0 spiro atoms. The van der Waals surface area contributed by atoms with Crippen LogP contribution < -0.4 is 5.73 Å². The number of nitrogens with zero attached hydrogens (tertiary/aromatic N) is 2. The third-order valence-corrected chi connectivity index (χ3v) is 3.59. The Morgan fingerprint density at radius 1 is 1.24 bits per heavy atom. The number of hydrogen-bond acceptors (Lipinski definition) is 2. The molecule has 88 valence electrons. The largest absolute Gasteiger partial charge is 0.321 e. The maximum absolute atomic E-state index is 6.30. The summed E-state index contributed by atoms with van der Waals surface area (Å²) >= 11 is 0. The van der Waals surface area contributed by atoms with Gasteiger partial charge in [0.1, 0.15) is 0 Å². The molecule has 3 nitrogen and oxygen atoms in total. The van der Waals surface area contributed by atoms with Crippen LogP contribution in [0.1, 0.15) is 24.0 Å². The zero-order valence-corrected chi connectivity index (χ0v) is 10.3. The van der Waals surface area contributed by atoms with Crippen LogP contribution in [0.4, 0.5) is 0 Å². The second-order valence-electron chi connectivity index (χ2n) is 5.05. The highest BCUT2D eigenvalue weighted by Crippen LogP contribution is 2.46. The minimum atomic E-state index is -0.130. The summed E-state index contributed by atoms with van der Waals surface area (Å²) in [6.45, 7) is 2.10. The summed E-state index contributed by atoms with van der Waals surface area (Å²) in [5.74, 6) is 0. The van der Waals surface area contributed by atoms with Crippen LogP contribution in [0.25, 0.3) is 11.3 Å². The monoisotopic (exact) mass is 227 g/mol. The second kappa shape index (κ2) is 3.44. The van der Waals surface area contributed by atoms with Crippen LogP contribution >= 0.6 is 0 Å². The third kappa shape index (κ3) is 1.67. The van der Waals surface area contributed by atoms with E-state index < -0.39 is 0 Å². The third-order valence-electron chi connectivity index (χ3n) is 3.59. The molecule has 0 amide bonds. The first-order valence-electron chi connectivity index (χ1n) is 5.98. The predicted molar refractivity (Wildman–Crippen MR) is 68.5 cm³/mol. The summed E-state index contributed by atoms with van der Waals surface area (Å²) in [5, 5.41) is 4.36. The molecule has 2 N–H and O–H groups in total. The van der Waals surface area contributed by atoms with E-state index in [1.165, 1.54) is 16.7 Å². The van der Waals surface area contributed by atoms with Crippen LogP contribution in [0.2, 0.25) is 0 Å². The number of rotatable bonds is 2. The standard InChI is InChI=1S/C14H17N3/c1-10-3-5-11(6-4-10)13-12(9-16-17(13)2)14(15)7-8-14/h3-6,9H,7-8,15H2,1-2H3. The Morgan fingerprint density at radius 3 is 2.47 bits per heavy atom. The first-order chi connectivity index (χ1) is 8.10. The first-order valence-corrected chi connectivity index (χ1v) is 5.98. The molecule has 1 aliphatic carbocycles. The number of aromatic nitrogens is 2. The van der Waals surface area contributed by atoms with Gasteiger partial charge in [0.15, 0.2) is 0 Å². The van der Waals surface area contributed by atoms with Crippen molar-refractivity contribution in [3.05, 3.63) is 41.6 Å². The van der Waals surface area contributed by atoms with E-state index in [1.807, 2.05) is 17.9 Å². The van der Waals surface area contributed by atoms with E-state index in [9.17, 15) is 0 Å². The molecule has 1 saturated carbocycles. The zero-order chi connectivity index (χ0) is 12.0. The number of hydrogen-bond donors (Lipinski definition) is 1. The Kier molecular flexibility index (Phi) is 2.13. The van der Waals surface area contributed by atoms with E-state index in [-0.39, 0.29) is 5.54 Å². The van der Waals surface area contributed by atoms with E-state index in [0.29, 0.717) is 0 Å². The summed E-state index contributed by atoms with van der Waals surface area (Å²) in [5.41, 5.74) is 11.0. The predicted octanol–water partition coefficient (Wildman–Crippen LogP) is 2.34. The molecule has 0 bridgehead atoms. The number of aryl methyl sites for hydroxylation is 2. The fraction of sp³-hybridized carbons (Fsp3) is 0.357. The van der Waals surface area contributed by atoms with Gasteiger partial charge >= 0.3 is 0 Å². The summed E-state index contributed by atoms with van der Waals surface area (Å²) in [6.07, 6.45) is 4.05. The van der Waals surface area contributed by atoms with Gasteiger partial charge in [0.2, 0.25) is 0 Å². The average molecular weight is 227 g/mol. The van der Waals surface area contributed by atoms with Crippen LogP contribution in [0, 0.1) is 6.92 Å². The zero-order valence-electron chi connectivity index (χ0n) is 10.3. The molecule has 3 rings (SSSR count). The summed E-state index contributed by atoms with van der Waals surface area (Å²) in [7, 11) is 1.98. The smallest absolute Gasteiger partial charge is 0.0729 e. The molecule has 0 atom stereocenters. The van der Waals surface area contributed by atoms with Gasteiger partial charge in [-0.15, -0.1) is 0 Å². The van der Waals surface area contributed by atoms with E-state index in [4.69, 9.17) is 5.73 Å². The molecule has 0 saturated heterocycles. The van der Waals surface area contributed by atoms with E-state index in [2.05, 4.69) is 36.3 Å². The highest BCUT2D eigenvalue weighted by Gasteiger charge is 2.43. The Morgan fingerprint density at radius 2 is 1.88 bits per heavy atom. The summed E-state index contributed by atoms with van der Waals surface area (Å²) in [6, 6.07) is 8.54. The van der Waals surface area contributed by atoms with Crippen LogP contribution in [0.5, 0.6) is 0 Å². The van der Waals surface area contributed by atoms with Gasteiger partial charge in [-0.05, 0) is 19.8 Å². The van der Waals surface area contributed by atoms with Crippen LogP contribution in [-0.4, -0.2) is 9.78 Å². The minimum Gasteiger partial charge on any atom is -0.321 e. The van der Waals surface area contributed by atoms with Gasteiger partial charge in [-0.1, -0.05) is 29.8 Å². The fourth-order valence-electron chi connectivity index (χ4n) is 2.26. The van der Waals surface area contributed by atoms with Gasteiger partial charge in [-0.2, -0.15) is 5.10 Å². The molecule has 2 aromatic rings. The molecule has 1 aromatic heterocycles. The van der Waals surface area contributed by atoms with E-state index >= 15 is 0 Å². The van der Waals surface area contributed by atoms with E-state index in [1.54, 1.807) is 0 Å². The van der Waals surface area contributed by atoms with Gasteiger partial charge in [-0.3, -0.25) is 4.68 Å². The molecule has 0 aliphatic heterocycles. The lowest BCUT2D eigenvalue weighted by atomic mass is 10.0. The van der Waals surface area contributed by atoms with Gasteiger partial charge < -0.3 is 5.73 Å². The van der Waals surface area contributed by atoms with Crippen molar-refractivity contribution in [2.75, 3.05) is 0 Å². The Bertz CT molecular complexity index is 547. The van der Waals surface area contributed by atoms with Crippen molar-refractivity contribution in [3.63, 3.8) is 0 Å². The SMILES string of the molecule is Cc1ccc(-c2c(C3(N)CC3)cnn2C)cc1. The van der Waals surface area contributed by atoms with Crippen molar-refractivity contribution in [1.29, 1.82) is 0 Å². The maximum Gasteiger partial charge on any atom is 0.0729 e. The Balaban J connectivity index is 2.13. The lowest BCUT2D eigenvalue weighted by Gasteiger charge is -2.11. The first kappa shape index (κ1) is 10.5. The molecule has 0 radical (unpaired) electrons. The fourth-order valence-corrected chi connectivity index (χ4v) is 2.26. The number of nitrogens with two attached hydrogens (primary N) is 1. The van der Waals surface area contributed by atoms with Gasteiger partial charge in [0, 0.05) is 23.7 Å². The van der Waals surface area contributed by atoms with E-state index in [0.717, 1.165) is 18.5 Å². The molecule has 1 fully saturated rings. The molecule has 1 aliphatic rings. The normalized spacial score (nSPS) is 17.1. The minimum absolute atomic E-state index is 0.130. The highest BCUT2D eigenvalue weighted by molar-refractivity contribution is 5.66. The molecule has 17 heavy (non-hydrogen) atoms. The van der Waals surface area contributed by atoms with Crippen molar-refractivity contribution in [2.45, 2.75) is 25.3 Å². The van der Waals surface area contributed by atoms with Crippen molar-refractivity contribution >= 4 is 0 Å². The Labute approximate surface area is 101 Å². The lowest BCUT2D eigenvalue weighted by molar-refractivity contribution is 0.737. The van der Waals surface area contributed by atoms with Gasteiger partial charge in [0.05, 0.1) is 11.9 Å². The van der Waals surface area contributed by atoms with Crippen molar-refractivity contribution in [1.82, 2.24) is 9.78 Å². The molecular weight excluding hydrogens is 210 g/mol. The van der Waals surface area contributed by atoms with Crippen LogP contribution in [0.3, 0.4) is 0 Å². The Hall–Kier alpha value is -1.61. The van der Waals surface area contributed by atoms with Crippen LogP contribution in [-0.2, 0) is 12.6 Å². The summed E-state index contributed by atoms with van der Waals surface area (Å²) in [4.78, 5) is 0. The van der Waals surface area contributed by atoms with Crippen LogP contribution in [0.15, 0.2) is 30.5 Å². The van der Waals surface area contributed by atoms with Crippen molar-refractivity contribution in [2.24, 2.45) is 12.8 Å². The van der Waals surface area contributed by atoms with Gasteiger partial charge in [0.25, 0.3) is 0 Å². The number of benzene rings is 1. The second-order valence-corrected chi connectivity index (χ2v) is 5.05. The highest BCUT2D eigenvalue weighted by atomic mass is 15.3. The maximum atomic E-state index is 6.30. The molecular formula is C14H17N3. The average Bonchev–Trinajstić information content (AvgIpc) is 2.92. The van der Waals surface area contributed by atoms with Crippen molar-refractivity contribution in [3.8, 4) is 11.3 Å². The topological polar surface area (TPSA) is 43.8 Å². The van der Waals surface area contributed by atoms with Crippen molar-refractivity contribution < 1.29 is 0 Å². The van der Waals surface area contributed by atoms with Gasteiger partial charge in [-0.25, -0.2) is 0 Å². The molecule has 1 heterocycles. The molecule has 0 unspecified atom stereocenters. The quantitative estimate of drug-likeness (QED) is 0.855. The molecule has 1 aromatic carbocycles.